The molecule has 2 aromatic carbocycles. The maximum absolute atomic E-state index is 13.2. The van der Waals surface area contributed by atoms with Gasteiger partial charge >= 0.3 is 0 Å². The highest BCUT2D eigenvalue weighted by molar-refractivity contribution is 7.99. The minimum atomic E-state index is -0.0171. The molecule has 0 N–H and O–H groups in total. The van der Waals surface area contributed by atoms with Gasteiger partial charge in [-0.05, 0) is 37.1 Å². The highest BCUT2D eigenvalue weighted by Gasteiger charge is 2.23. The molecule has 1 aliphatic carbocycles. The predicted octanol–water partition coefficient (Wildman–Crippen LogP) is 4.27. The molecule has 6 heteroatoms. The highest BCUT2D eigenvalue weighted by Crippen LogP contribution is 2.32. The zero-order valence-electron chi connectivity index (χ0n) is 15.9. The molecule has 0 aliphatic heterocycles. The summed E-state index contributed by atoms with van der Waals surface area (Å²) in [5.41, 5.74) is 1.55. The molecule has 0 unspecified atom stereocenters. The molecule has 0 saturated heterocycles. The number of rotatable bonds is 5. The van der Waals surface area contributed by atoms with E-state index in [0.29, 0.717) is 16.1 Å². The number of hydrogen-bond donors (Lipinski definition) is 0. The quantitative estimate of drug-likeness (QED) is 0.480. The monoisotopic (exact) mass is 393 g/mol. The van der Waals surface area contributed by atoms with Gasteiger partial charge < -0.3 is 4.90 Å². The number of benzene rings is 2. The molecule has 1 aromatic heterocycles. The van der Waals surface area contributed by atoms with E-state index < -0.39 is 0 Å². The first-order valence-corrected chi connectivity index (χ1v) is 10.6. The van der Waals surface area contributed by atoms with Gasteiger partial charge in [-0.1, -0.05) is 54.9 Å². The van der Waals surface area contributed by atoms with Gasteiger partial charge in [0.25, 0.3) is 5.56 Å². The van der Waals surface area contributed by atoms with Crippen molar-refractivity contribution in [1.29, 1.82) is 0 Å². The summed E-state index contributed by atoms with van der Waals surface area (Å²) in [4.78, 5) is 32.2. The minimum Gasteiger partial charge on any atom is -0.315 e. The van der Waals surface area contributed by atoms with Crippen LogP contribution in [0.2, 0.25) is 0 Å². The first kappa shape index (κ1) is 18.7. The van der Waals surface area contributed by atoms with Gasteiger partial charge in [-0.3, -0.25) is 14.2 Å². The van der Waals surface area contributed by atoms with Crippen LogP contribution in [0.25, 0.3) is 10.9 Å². The largest absolute Gasteiger partial charge is 0.315 e. The van der Waals surface area contributed by atoms with E-state index in [1.807, 2.05) is 59.2 Å². The lowest BCUT2D eigenvalue weighted by atomic mass is 10.2. The highest BCUT2D eigenvalue weighted by atomic mass is 32.2. The van der Waals surface area contributed by atoms with Crippen LogP contribution in [0.1, 0.15) is 31.7 Å². The van der Waals surface area contributed by atoms with Crippen LogP contribution in [-0.4, -0.2) is 28.3 Å². The zero-order valence-corrected chi connectivity index (χ0v) is 16.7. The number of hydrogen-bond acceptors (Lipinski definition) is 4. The van der Waals surface area contributed by atoms with Gasteiger partial charge in [-0.2, -0.15) is 0 Å². The summed E-state index contributed by atoms with van der Waals surface area (Å²) in [6.07, 6.45) is 4.24. The van der Waals surface area contributed by atoms with Crippen molar-refractivity contribution in [2.24, 2.45) is 0 Å². The zero-order chi connectivity index (χ0) is 19.5. The Morgan fingerprint density at radius 1 is 1.11 bits per heavy atom. The van der Waals surface area contributed by atoms with E-state index in [1.54, 1.807) is 11.9 Å². The Kier molecular flexibility index (Phi) is 5.48. The van der Waals surface area contributed by atoms with E-state index in [0.717, 1.165) is 31.4 Å². The number of carbonyl (C=O) groups is 1. The number of anilines is 1. The Morgan fingerprint density at radius 3 is 2.54 bits per heavy atom. The second-order valence-corrected chi connectivity index (χ2v) is 8.04. The Balaban J connectivity index is 1.63. The molecule has 1 fully saturated rings. The average Bonchev–Trinajstić information content (AvgIpc) is 3.26. The topological polar surface area (TPSA) is 55.2 Å². The Morgan fingerprint density at radius 2 is 1.79 bits per heavy atom. The van der Waals surface area contributed by atoms with Crippen LogP contribution in [0.4, 0.5) is 5.69 Å². The molecule has 1 aliphatic rings. The van der Waals surface area contributed by atoms with Crippen molar-refractivity contribution >= 4 is 34.3 Å². The maximum Gasteiger partial charge on any atom is 0.262 e. The van der Waals surface area contributed by atoms with Crippen molar-refractivity contribution < 1.29 is 4.79 Å². The van der Waals surface area contributed by atoms with E-state index in [9.17, 15) is 9.59 Å². The fraction of sp³-hybridized carbons (Fsp3) is 0.318. The third-order valence-electron chi connectivity index (χ3n) is 5.31. The van der Waals surface area contributed by atoms with Crippen LogP contribution in [0.15, 0.2) is 64.5 Å². The molecule has 5 nitrogen and oxygen atoms in total. The first-order chi connectivity index (χ1) is 13.6. The lowest BCUT2D eigenvalue weighted by Crippen LogP contribution is -2.29. The third kappa shape index (κ3) is 3.69. The van der Waals surface area contributed by atoms with Crippen molar-refractivity contribution in [1.82, 2.24) is 9.55 Å². The van der Waals surface area contributed by atoms with E-state index in [2.05, 4.69) is 0 Å². The van der Waals surface area contributed by atoms with Gasteiger partial charge in [0.15, 0.2) is 5.16 Å². The van der Waals surface area contributed by atoms with Crippen molar-refractivity contribution in [3.63, 3.8) is 0 Å². The van der Waals surface area contributed by atoms with Crippen molar-refractivity contribution in [3.8, 4) is 0 Å². The smallest absolute Gasteiger partial charge is 0.262 e. The van der Waals surface area contributed by atoms with Crippen LogP contribution < -0.4 is 10.5 Å². The van der Waals surface area contributed by atoms with Crippen LogP contribution in [-0.2, 0) is 4.79 Å². The standard InChI is InChI=1S/C22H23N3O2S/c1-24(16-9-3-2-4-10-16)20(26)15-28-22-23-19-14-8-7-13-18(19)21(27)25(22)17-11-5-6-12-17/h2-4,7-10,13-14,17H,5-6,11-12,15H2,1H3. The molecule has 0 atom stereocenters. The summed E-state index contributed by atoms with van der Waals surface area (Å²) >= 11 is 1.35. The van der Waals surface area contributed by atoms with E-state index in [-0.39, 0.29) is 23.3 Å². The number of fused-ring (bicyclic) bond motifs is 1. The number of nitrogens with zero attached hydrogens (tertiary/aromatic N) is 3. The fourth-order valence-corrected chi connectivity index (χ4v) is 4.71. The number of thioether (sulfide) groups is 1. The van der Waals surface area contributed by atoms with Crippen LogP contribution >= 0.6 is 11.8 Å². The number of aromatic nitrogens is 2. The predicted molar refractivity (Wildman–Crippen MR) is 114 cm³/mol. The molecule has 1 amide bonds. The average molecular weight is 394 g/mol. The normalized spacial score (nSPS) is 14.5. The van der Waals surface area contributed by atoms with Gasteiger partial charge in [-0.25, -0.2) is 4.98 Å². The van der Waals surface area contributed by atoms with Crippen LogP contribution in [0.3, 0.4) is 0 Å². The van der Waals surface area contributed by atoms with Crippen LogP contribution in [0.5, 0.6) is 0 Å². The molecule has 1 heterocycles. The third-order valence-corrected chi connectivity index (χ3v) is 6.25. The molecule has 0 radical (unpaired) electrons. The summed E-state index contributed by atoms with van der Waals surface area (Å²) < 4.78 is 1.83. The van der Waals surface area contributed by atoms with E-state index in [4.69, 9.17) is 4.98 Å². The first-order valence-electron chi connectivity index (χ1n) is 9.61. The summed E-state index contributed by atoms with van der Waals surface area (Å²) in [5.74, 6) is 0.222. The fourth-order valence-electron chi connectivity index (χ4n) is 3.73. The summed E-state index contributed by atoms with van der Waals surface area (Å²) in [6, 6.07) is 17.2. The second kappa shape index (κ2) is 8.19. The molecule has 4 rings (SSSR count). The summed E-state index contributed by atoms with van der Waals surface area (Å²) in [6.45, 7) is 0. The van der Waals surface area contributed by atoms with E-state index in [1.165, 1.54) is 11.8 Å². The van der Waals surface area contributed by atoms with E-state index >= 15 is 0 Å². The Hall–Kier alpha value is -2.60. The lowest BCUT2D eigenvalue weighted by molar-refractivity contribution is -0.115. The van der Waals surface area contributed by atoms with Gasteiger partial charge in [0.2, 0.25) is 5.91 Å². The summed E-state index contributed by atoms with van der Waals surface area (Å²) in [5, 5.41) is 1.29. The molecule has 0 spiro atoms. The lowest BCUT2D eigenvalue weighted by Gasteiger charge is -2.20. The maximum atomic E-state index is 13.2. The Bertz CT molecular complexity index is 1040. The van der Waals surface area contributed by atoms with Gasteiger partial charge in [-0.15, -0.1) is 0 Å². The second-order valence-electron chi connectivity index (χ2n) is 7.10. The van der Waals surface area contributed by atoms with Crippen molar-refractivity contribution in [2.75, 3.05) is 17.7 Å². The molecular formula is C22H23N3O2S. The van der Waals surface area contributed by atoms with Crippen LogP contribution in [0, 0.1) is 0 Å². The minimum absolute atomic E-state index is 0.00358. The molecule has 144 valence electrons. The molecule has 3 aromatic rings. The molecule has 28 heavy (non-hydrogen) atoms. The molecule has 0 bridgehead atoms. The number of carbonyl (C=O) groups excluding carboxylic acids is 1. The number of amides is 1. The Labute approximate surface area is 168 Å². The molecular weight excluding hydrogens is 370 g/mol. The summed E-state index contributed by atoms with van der Waals surface area (Å²) in [7, 11) is 1.77. The van der Waals surface area contributed by atoms with Gasteiger partial charge in [0.05, 0.1) is 16.7 Å². The van der Waals surface area contributed by atoms with Gasteiger partial charge in [0.1, 0.15) is 0 Å². The van der Waals surface area contributed by atoms with Gasteiger partial charge in [0, 0.05) is 18.8 Å². The van der Waals surface area contributed by atoms with Crippen molar-refractivity contribution in [3.05, 3.63) is 65.0 Å². The molecule has 1 saturated carbocycles. The SMILES string of the molecule is CN(C(=O)CSc1nc2ccccc2c(=O)n1C1CCCC1)c1ccccc1. The van der Waals surface area contributed by atoms with Crippen molar-refractivity contribution in [2.45, 2.75) is 36.9 Å². The number of para-hydroxylation sites is 2.